The van der Waals surface area contributed by atoms with Crippen LogP contribution in [0.3, 0.4) is 0 Å². The van der Waals surface area contributed by atoms with Gasteiger partial charge in [0.15, 0.2) is 0 Å². The van der Waals surface area contributed by atoms with Crippen LogP contribution in [-0.2, 0) is 16.0 Å². The Balaban J connectivity index is 0.000000446. The van der Waals surface area contributed by atoms with Gasteiger partial charge < -0.3 is 19.8 Å². The fourth-order valence-corrected chi connectivity index (χ4v) is 7.58. The van der Waals surface area contributed by atoms with Crippen molar-refractivity contribution in [3.05, 3.63) is 54.2 Å². The normalized spacial score (nSPS) is 16.8. The number of hydrogen-bond donors (Lipinski definition) is 2. The Morgan fingerprint density at radius 2 is 1.76 bits per heavy atom. The number of hydrogen-bond acceptors (Lipinski definition) is 9. The van der Waals surface area contributed by atoms with Gasteiger partial charge in [0.25, 0.3) is 0 Å². The smallest absolute Gasteiger partial charge is 0.303 e. The lowest BCUT2D eigenvalue weighted by Crippen LogP contribution is -2.51. The summed E-state index contributed by atoms with van der Waals surface area (Å²) in [6, 6.07) is 15.3. The van der Waals surface area contributed by atoms with E-state index in [1.807, 2.05) is 23.1 Å². The highest BCUT2D eigenvalue weighted by atomic mass is 33.1. The number of anilines is 1. The lowest BCUT2D eigenvalue weighted by Gasteiger charge is -2.41. The van der Waals surface area contributed by atoms with Crippen LogP contribution in [0.25, 0.3) is 11.3 Å². The minimum absolute atomic E-state index is 0.296. The number of carboxylic acid groups (broad SMARTS) is 2. The number of aryl methyl sites for hydroxylation is 1. The molecule has 1 fully saturated rings. The Morgan fingerprint density at radius 1 is 1.05 bits per heavy atom. The third-order valence-electron chi connectivity index (χ3n) is 7.32. The van der Waals surface area contributed by atoms with Crippen molar-refractivity contribution in [3.8, 4) is 17.0 Å². The van der Waals surface area contributed by atoms with Crippen LogP contribution >= 0.6 is 21.6 Å². The summed E-state index contributed by atoms with van der Waals surface area (Å²) in [5, 5.41) is 17.0. The van der Waals surface area contributed by atoms with Gasteiger partial charge in [0.1, 0.15) is 11.4 Å². The van der Waals surface area contributed by atoms with E-state index in [-0.39, 0.29) is 12.8 Å². The molecular formula is C31H38N4O5S2. The maximum atomic E-state index is 9.64. The molecule has 11 heteroatoms. The van der Waals surface area contributed by atoms with Crippen molar-refractivity contribution in [1.29, 1.82) is 0 Å². The average Bonchev–Trinajstić information content (AvgIpc) is 3.10. The molecule has 9 nitrogen and oxygen atoms in total. The number of likely N-dealkylation sites (N-methyl/N-ethyl adjacent to an activating group) is 1. The minimum atomic E-state index is -1.08. The number of methoxy groups -OCH3 is 1. The first-order valence-electron chi connectivity index (χ1n) is 14.0. The van der Waals surface area contributed by atoms with Crippen LogP contribution in [0.2, 0.25) is 0 Å². The van der Waals surface area contributed by atoms with E-state index in [1.54, 1.807) is 17.9 Å². The number of ether oxygens (including phenoxy) is 1. The number of carboxylic acids is 2. The molecule has 2 N–H and O–H groups in total. The molecule has 0 bridgehead atoms. The molecule has 4 aliphatic rings. The zero-order valence-electron chi connectivity index (χ0n) is 24.4. The van der Waals surface area contributed by atoms with Crippen LogP contribution in [0.1, 0.15) is 38.7 Å². The average molecular weight is 611 g/mol. The van der Waals surface area contributed by atoms with E-state index < -0.39 is 11.9 Å². The lowest BCUT2D eigenvalue weighted by molar-refractivity contribution is -0.143. The van der Waals surface area contributed by atoms with Gasteiger partial charge >= 0.3 is 11.9 Å². The second-order valence-electron chi connectivity index (χ2n) is 10.6. The van der Waals surface area contributed by atoms with Crippen molar-refractivity contribution in [2.24, 2.45) is 10.9 Å². The summed E-state index contributed by atoms with van der Waals surface area (Å²) in [6.45, 7) is 7.47. The monoisotopic (exact) mass is 610 g/mol. The van der Waals surface area contributed by atoms with Gasteiger partial charge in [-0.2, -0.15) is 0 Å². The van der Waals surface area contributed by atoms with Crippen LogP contribution in [-0.4, -0.2) is 76.9 Å². The maximum Gasteiger partial charge on any atom is 0.303 e. The molecule has 5 rings (SSSR count). The molecule has 1 aliphatic carbocycles. The molecule has 0 spiro atoms. The largest absolute Gasteiger partial charge is 0.497 e. The van der Waals surface area contributed by atoms with Gasteiger partial charge in [0.2, 0.25) is 0 Å². The SMILES string of the molecule is COc1ccc(CCC2CN(c3c4nccccc-4c4c3N=C(C(C)C)SS4)CCN2C)cc1.O=C(O)CCC(=O)O. The summed E-state index contributed by atoms with van der Waals surface area (Å²) >= 11 is 0. The molecule has 42 heavy (non-hydrogen) atoms. The third-order valence-corrected chi connectivity index (χ3v) is 9.98. The molecule has 224 valence electrons. The van der Waals surface area contributed by atoms with Crippen molar-refractivity contribution in [1.82, 2.24) is 9.88 Å². The molecule has 0 aromatic heterocycles. The summed E-state index contributed by atoms with van der Waals surface area (Å²) < 4.78 is 5.31. The van der Waals surface area contributed by atoms with Crippen molar-refractivity contribution >= 4 is 49.9 Å². The number of benzene rings is 1. The van der Waals surface area contributed by atoms with E-state index in [4.69, 9.17) is 24.9 Å². The van der Waals surface area contributed by atoms with E-state index in [2.05, 4.69) is 67.1 Å². The summed E-state index contributed by atoms with van der Waals surface area (Å²) in [5.41, 5.74) is 5.99. The topological polar surface area (TPSA) is 116 Å². The quantitative estimate of drug-likeness (QED) is 0.267. The standard InChI is InChI=1S/C27H32N4OS2.C4H6O4/c1-18(2)27-29-24-25(23-22(26(24)33-34-27)7-5-6-14-28-23)31-16-15-30(3)20(17-31)11-8-19-9-12-21(32-4)13-10-19;5-3(6)1-2-4(7)8/h5-7,9-10,12-14,18,20H,8,11,15-17H2,1-4H3;1-2H2,(H,5,6)(H,7,8). The second-order valence-corrected chi connectivity index (χ2v) is 12.8. The predicted molar refractivity (Wildman–Crippen MR) is 171 cm³/mol. The summed E-state index contributed by atoms with van der Waals surface area (Å²) in [7, 11) is 7.62. The zero-order chi connectivity index (χ0) is 30.2. The first-order chi connectivity index (χ1) is 20.2. The molecule has 0 amide bonds. The van der Waals surface area contributed by atoms with Crippen LogP contribution in [0.4, 0.5) is 11.4 Å². The van der Waals surface area contributed by atoms with Crippen molar-refractivity contribution in [2.45, 2.75) is 50.5 Å². The Bertz CT molecular complexity index is 1370. The van der Waals surface area contributed by atoms with E-state index in [1.165, 1.54) is 26.8 Å². The molecule has 3 aliphatic heterocycles. The van der Waals surface area contributed by atoms with Gasteiger partial charge in [-0.15, -0.1) is 0 Å². The highest BCUT2D eigenvalue weighted by Crippen LogP contribution is 2.58. The zero-order valence-corrected chi connectivity index (χ0v) is 26.1. The Kier molecular flexibility index (Phi) is 11.1. The van der Waals surface area contributed by atoms with Gasteiger partial charge in [0.05, 0.1) is 41.3 Å². The molecular weight excluding hydrogens is 572 g/mol. The van der Waals surface area contributed by atoms with Crippen molar-refractivity contribution in [3.63, 3.8) is 0 Å². The van der Waals surface area contributed by atoms with Gasteiger partial charge in [0, 0.05) is 43.4 Å². The third kappa shape index (κ3) is 7.96. The Labute approximate surface area is 255 Å². The number of rotatable bonds is 9. The fourth-order valence-electron chi connectivity index (χ4n) is 4.91. The summed E-state index contributed by atoms with van der Waals surface area (Å²) in [5.74, 6) is -0.819. The Hall–Kier alpha value is -3.28. The van der Waals surface area contributed by atoms with E-state index in [0.717, 1.165) is 49.6 Å². The summed E-state index contributed by atoms with van der Waals surface area (Å²) in [4.78, 5) is 35.7. The number of nitrogens with zero attached hydrogens (tertiary/aromatic N) is 4. The first-order valence-corrected chi connectivity index (χ1v) is 16.2. The van der Waals surface area contributed by atoms with Crippen LogP contribution in [0.5, 0.6) is 5.75 Å². The Morgan fingerprint density at radius 3 is 2.40 bits per heavy atom. The molecule has 0 saturated carbocycles. The van der Waals surface area contributed by atoms with E-state index in [9.17, 15) is 9.59 Å². The molecule has 0 radical (unpaired) electrons. The van der Waals surface area contributed by atoms with Gasteiger partial charge in [-0.25, -0.2) is 4.99 Å². The van der Waals surface area contributed by atoms with Crippen LogP contribution in [0, 0.1) is 5.92 Å². The highest BCUT2D eigenvalue weighted by Gasteiger charge is 2.34. The molecule has 1 aromatic carbocycles. The van der Waals surface area contributed by atoms with Gasteiger partial charge in [-0.05, 0) is 65.2 Å². The highest BCUT2D eigenvalue weighted by molar-refractivity contribution is 8.82. The van der Waals surface area contributed by atoms with E-state index >= 15 is 0 Å². The van der Waals surface area contributed by atoms with Crippen molar-refractivity contribution in [2.75, 3.05) is 38.7 Å². The molecule has 3 heterocycles. The fraction of sp³-hybridized carbons (Fsp3) is 0.419. The lowest BCUT2D eigenvalue weighted by atomic mass is 10.0. The number of aliphatic carboxylic acids is 2. The van der Waals surface area contributed by atoms with E-state index in [0.29, 0.717) is 12.0 Å². The number of aromatic nitrogens is 1. The number of carbonyl (C=O) groups is 2. The second kappa shape index (κ2) is 14.8. The molecule has 1 aromatic rings. The first kappa shape index (κ1) is 31.7. The van der Waals surface area contributed by atoms with Crippen molar-refractivity contribution < 1.29 is 24.5 Å². The van der Waals surface area contributed by atoms with Gasteiger partial charge in [-0.1, -0.05) is 38.1 Å². The number of piperazine rings is 1. The molecule has 1 atom stereocenters. The van der Waals surface area contributed by atoms with Gasteiger partial charge in [-0.3, -0.25) is 19.5 Å². The minimum Gasteiger partial charge on any atom is -0.497 e. The number of aliphatic imine (C=N–C) groups is 1. The molecule has 1 saturated heterocycles. The number of fused-ring (bicyclic) bond motifs is 3. The maximum absolute atomic E-state index is 9.64. The predicted octanol–water partition coefficient (Wildman–Crippen LogP) is 6.32. The molecule has 1 unspecified atom stereocenters. The summed E-state index contributed by atoms with van der Waals surface area (Å²) in [6.07, 6.45) is 3.50. The van der Waals surface area contributed by atoms with Crippen LogP contribution < -0.4 is 9.64 Å². The van der Waals surface area contributed by atoms with Crippen LogP contribution in [0.15, 0.2) is 58.5 Å².